The Hall–Kier alpha value is -1.20. The summed E-state index contributed by atoms with van der Waals surface area (Å²) in [7, 11) is 0. The number of nitrogen functional groups attached to an aromatic ring is 1. The molecule has 1 atom stereocenters. The topological polar surface area (TPSA) is 55.6 Å². The first kappa shape index (κ1) is 14.2. The molecule has 2 N–H and O–H groups in total. The highest BCUT2D eigenvalue weighted by molar-refractivity contribution is 8.00. The Morgan fingerprint density at radius 2 is 2.37 bits per heavy atom. The van der Waals surface area contributed by atoms with Gasteiger partial charge in [-0.1, -0.05) is 6.07 Å². The van der Waals surface area contributed by atoms with Crippen molar-refractivity contribution >= 4 is 23.4 Å². The fourth-order valence-corrected chi connectivity index (χ4v) is 3.02. The van der Waals surface area contributed by atoms with Crippen molar-refractivity contribution in [3.63, 3.8) is 0 Å². The van der Waals surface area contributed by atoms with Gasteiger partial charge >= 0.3 is 0 Å². The average Bonchev–Trinajstić information content (AvgIpc) is 2.39. The molecule has 1 heterocycles. The zero-order valence-electron chi connectivity index (χ0n) is 11.4. The molecule has 1 unspecified atom stereocenters. The maximum absolute atomic E-state index is 12.1. The van der Waals surface area contributed by atoms with E-state index in [0.717, 1.165) is 16.1 Å². The van der Waals surface area contributed by atoms with Crippen molar-refractivity contribution in [3.05, 3.63) is 23.8 Å². The van der Waals surface area contributed by atoms with Crippen molar-refractivity contribution in [3.8, 4) is 0 Å². The molecular weight excluding hydrogens is 260 g/mol. The van der Waals surface area contributed by atoms with Gasteiger partial charge in [0.25, 0.3) is 0 Å². The Kier molecular flexibility index (Phi) is 4.71. The summed E-state index contributed by atoms with van der Waals surface area (Å²) in [5, 5.41) is 0. The molecule has 0 saturated carbocycles. The highest BCUT2D eigenvalue weighted by Gasteiger charge is 2.21. The number of rotatable bonds is 3. The Morgan fingerprint density at radius 3 is 3.11 bits per heavy atom. The van der Waals surface area contributed by atoms with Crippen LogP contribution >= 0.6 is 11.8 Å². The monoisotopic (exact) mass is 280 g/mol. The number of ether oxygens (including phenoxy) is 1. The van der Waals surface area contributed by atoms with Crippen molar-refractivity contribution in [2.45, 2.75) is 24.8 Å². The summed E-state index contributed by atoms with van der Waals surface area (Å²) >= 11 is 1.55. The van der Waals surface area contributed by atoms with Crippen LogP contribution in [0.5, 0.6) is 0 Å². The quantitative estimate of drug-likeness (QED) is 0.679. The summed E-state index contributed by atoms with van der Waals surface area (Å²) in [6.07, 6.45) is 0.136. The van der Waals surface area contributed by atoms with Crippen LogP contribution in [0.4, 0.5) is 5.69 Å². The first-order chi connectivity index (χ1) is 9.06. The fraction of sp³-hybridized carbons (Fsp3) is 0.500. The van der Waals surface area contributed by atoms with Gasteiger partial charge in [0, 0.05) is 23.7 Å². The number of hydrogen-bond donors (Lipinski definition) is 1. The van der Waals surface area contributed by atoms with Crippen LogP contribution in [0.25, 0.3) is 0 Å². The van der Waals surface area contributed by atoms with Crippen LogP contribution in [0.1, 0.15) is 12.5 Å². The zero-order chi connectivity index (χ0) is 13.8. The number of benzene rings is 1. The van der Waals surface area contributed by atoms with E-state index >= 15 is 0 Å². The largest absolute Gasteiger partial charge is 0.399 e. The van der Waals surface area contributed by atoms with E-state index < -0.39 is 0 Å². The SMILES string of the molecule is Cc1ccc(N)cc1SCC(=O)N1CCOC(C)C1. The first-order valence-electron chi connectivity index (χ1n) is 6.44. The molecule has 1 amide bonds. The van der Waals surface area contributed by atoms with Gasteiger partial charge in [0.15, 0.2) is 0 Å². The minimum Gasteiger partial charge on any atom is -0.399 e. The molecular formula is C14H20N2O2S. The number of morpholine rings is 1. The van der Waals surface area contributed by atoms with E-state index in [2.05, 4.69) is 0 Å². The van der Waals surface area contributed by atoms with Crippen LogP contribution in [-0.2, 0) is 9.53 Å². The zero-order valence-corrected chi connectivity index (χ0v) is 12.2. The van der Waals surface area contributed by atoms with Gasteiger partial charge < -0.3 is 15.4 Å². The Morgan fingerprint density at radius 1 is 1.58 bits per heavy atom. The molecule has 0 bridgehead atoms. The van der Waals surface area contributed by atoms with E-state index in [1.807, 2.05) is 36.9 Å². The van der Waals surface area contributed by atoms with E-state index in [0.29, 0.717) is 25.4 Å². The smallest absolute Gasteiger partial charge is 0.233 e. The number of nitrogens with two attached hydrogens (primary N) is 1. The van der Waals surface area contributed by atoms with Crippen LogP contribution in [0, 0.1) is 6.92 Å². The van der Waals surface area contributed by atoms with Crippen LogP contribution in [-0.4, -0.2) is 42.4 Å². The minimum absolute atomic E-state index is 0.136. The summed E-state index contributed by atoms with van der Waals surface area (Å²) < 4.78 is 5.44. The maximum atomic E-state index is 12.1. The van der Waals surface area contributed by atoms with Crippen molar-refractivity contribution in [2.24, 2.45) is 0 Å². The van der Waals surface area contributed by atoms with Gasteiger partial charge in [-0.2, -0.15) is 0 Å². The van der Waals surface area contributed by atoms with Crippen molar-refractivity contribution in [2.75, 3.05) is 31.2 Å². The van der Waals surface area contributed by atoms with E-state index in [9.17, 15) is 4.79 Å². The lowest BCUT2D eigenvalue weighted by atomic mass is 10.2. The van der Waals surface area contributed by atoms with Gasteiger partial charge in [-0.25, -0.2) is 0 Å². The van der Waals surface area contributed by atoms with E-state index in [4.69, 9.17) is 10.5 Å². The number of amides is 1. The molecule has 5 heteroatoms. The highest BCUT2D eigenvalue weighted by atomic mass is 32.2. The second kappa shape index (κ2) is 6.30. The number of aryl methyl sites for hydroxylation is 1. The lowest BCUT2D eigenvalue weighted by Gasteiger charge is -2.31. The van der Waals surface area contributed by atoms with Crippen LogP contribution in [0.2, 0.25) is 0 Å². The molecule has 1 aromatic carbocycles. The summed E-state index contributed by atoms with van der Waals surface area (Å²) in [6, 6.07) is 5.79. The van der Waals surface area contributed by atoms with Gasteiger partial charge in [-0.15, -0.1) is 11.8 Å². The fourth-order valence-electron chi connectivity index (χ4n) is 2.05. The molecule has 1 aliphatic rings. The third-order valence-corrected chi connectivity index (χ3v) is 4.30. The van der Waals surface area contributed by atoms with Gasteiger partial charge in [-0.05, 0) is 31.5 Å². The predicted molar refractivity (Wildman–Crippen MR) is 78.3 cm³/mol. The molecule has 1 aromatic rings. The highest BCUT2D eigenvalue weighted by Crippen LogP contribution is 2.25. The summed E-state index contributed by atoms with van der Waals surface area (Å²) in [6.45, 7) is 6.04. The van der Waals surface area contributed by atoms with Crippen LogP contribution < -0.4 is 5.73 Å². The molecule has 1 saturated heterocycles. The summed E-state index contributed by atoms with van der Waals surface area (Å²) in [5.41, 5.74) is 7.66. The average molecular weight is 280 g/mol. The van der Waals surface area contributed by atoms with Crippen LogP contribution in [0.15, 0.2) is 23.1 Å². The minimum atomic E-state index is 0.136. The van der Waals surface area contributed by atoms with Gasteiger partial charge in [-0.3, -0.25) is 4.79 Å². The van der Waals surface area contributed by atoms with Gasteiger partial charge in [0.2, 0.25) is 5.91 Å². The predicted octanol–water partition coefficient (Wildman–Crippen LogP) is 1.92. The second-order valence-corrected chi connectivity index (χ2v) is 5.85. The number of carbonyl (C=O) groups is 1. The normalized spacial score (nSPS) is 19.5. The van der Waals surface area contributed by atoms with Crippen LogP contribution in [0.3, 0.4) is 0 Å². The van der Waals surface area contributed by atoms with Crippen molar-refractivity contribution in [1.82, 2.24) is 4.90 Å². The van der Waals surface area contributed by atoms with E-state index in [1.165, 1.54) is 0 Å². The molecule has 0 aromatic heterocycles. The summed E-state index contributed by atoms with van der Waals surface area (Å²) in [4.78, 5) is 15.1. The molecule has 0 spiro atoms. The summed E-state index contributed by atoms with van der Waals surface area (Å²) in [5.74, 6) is 0.624. The Balaban J connectivity index is 1.91. The molecule has 0 aliphatic carbocycles. The number of nitrogens with zero attached hydrogens (tertiary/aromatic N) is 1. The third-order valence-electron chi connectivity index (χ3n) is 3.16. The van der Waals surface area contributed by atoms with E-state index in [-0.39, 0.29) is 12.0 Å². The first-order valence-corrected chi connectivity index (χ1v) is 7.43. The molecule has 104 valence electrons. The lowest BCUT2D eigenvalue weighted by Crippen LogP contribution is -2.45. The third kappa shape index (κ3) is 3.88. The molecule has 1 fully saturated rings. The van der Waals surface area contributed by atoms with Crippen molar-refractivity contribution in [1.29, 1.82) is 0 Å². The molecule has 0 radical (unpaired) electrons. The molecule has 2 rings (SSSR count). The number of carbonyl (C=O) groups excluding carboxylic acids is 1. The lowest BCUT2D eigenvalue weighted by molar-refractivity contribution is -0.135. The van der Waals surface area contributed by atoms with Gasteiger partial charge in [0.05, 0.1) is 18.5 Å². The standard InChI is InChI=1S/C14H20N2O2S/c1-10-3-4-12(15)7-13(10)19-9-14(17)16-5-6-18-11(2)8-16/h3-4,7,11H,5-6,8-9,15H2,1-2H3. The Labute approximate surface area is 118 Å². The number of anilines is 1. The molecule has 1 aliphatic heterocycles. The molecule has 19 heavy (non-hydrogen) atoms. The number of hydrogen-bond acceptors (Lipinski definition) is 4. The van der Waals surface area contributed by atoms with E-state index in [1.54, 1.807) is 11.8 Å². The van der Waals surface area contributed by atoms with Crippen molar-refractivity contribution < 1.29 is 9.53 Å². The maximum Gasteiger partial charge on any atom is 0.233 e. The number of thioether (sulfide) groups is 1. The Bertz CT molecular complexity index is 465. The second-order valence-electron chi connectivity index (χ2n) is 4.83. The van der Waals surface area contributed by atoms with Gasteiger partial charge in [0.1, 0.15) is 0 Å². The molecule has 4 nitrogen and oxygen atoms in total.